The van der Waals surface area contributed by atoms with Crippen molar-refractivity contribution in [1.82, 2.24) is 0 Å². The molecule has 0 spiro atoms. The lowest BCUT2D eigenvalue weighted by Crippen LogP contribution is -2.37. The zero-order valence-electron chi connectivity index (χ0n) is 45.4. The Hall–Kier alpha value is -3.07. The number of quaternary nitrogens is 1. The molecule has 0 aliphatic rings. The number of phosphoric ester groups is 1. The molecule has 0 aromatic rings. The summed E-state index contributed by atoms with van der Waals surface area (Å²) in [7, 11) is 1.13. The van der Waals surface area contributed by atoms with Crippen molar-refractivity contribution in [3.8, 4) is 0 Å². The molecule has 0 aromatic heterocycles. The molecule has 0 saturated heterocycles. The van der Waals surface area contributed by atoms with Crippen molar-refractivity contribution in [1.29, 1.82) is 0 Å². The molecule has 2 unspecified atom stereocenters. The average molecular weight is 998 g/mol. The second-order valence-corrected chi connectivity index (χ2v) is 21.0. The molecule has 0 aromatic carbocycles. The van der Waals surface area contributed by atoms with Gasteiger partial charge in [0.1, 0.15) is 19.8 Å². The number of phosphoric acid groups is 1. The molecular formula is C60H104NO8P. The molecule has 0 N–H and O–H groups in total. The number of hydrogen-bond acceptors (Lipinski definition) is 8. The molecule has 0 rings (SSSR count). The highest BCUT2D eigenvalue weighted by molar-refractivity contribution is 7.45. The van der Waals surface area contributed by atoms with E-state index in [1.807, 2.05) is 21.1 Å². The molecule has 0 heterocycles. The number of carbonyl (C=O) groups excluding carboxylic acids is 2. The van der Waals surface area contributed by atoms with Crippen LogP contribution in [0.2, 0.25) is 0 Å². The molecule has 0 fully saturated rings. The van der Waals surface area contributed by atoms with E-state index < -0.39 is 32.5 Å². The van der Waals surface area contributed by atoms with Crippen molar-refractivity contribution >= 4 is 19.8 Å². The fourth-order valence-electron chi connectivity index (χ4n) is 7.28. The van der Waals surface area contributed by atoms with E-state index in [9.17, 15) is 19.0 Å². The van der Waals surface area contributed by atoms with Crippen LogP contribution in [0, 0.1) is 0 Å². The Morgan fingerprint density at radius 1 is 0.457 bits per heavy atom. The van der Waals surface area contributed by atoms with E-state index in [0.717, 1.165) is 89.9 Å². The van der Waals surface area contributed by atoms with Crippen molar-refractivity contribution in [2.24, 2.45) is 0 Å². The van der Waals surface area contributed by atoms with Gasteiger partial charge in [-0.3, -0.25) is 14.2 Å². The first-order chi connectivity index (χ1) is 34.0. The monoisotopic (exact) mass is 998 g/mol. The van der Waals surface area contributed by atoms with Crippen molar-refractivity contribution in [3.05, 3.63) is 97.2 Å². The first kappa shape index (κ1) is 66.9. The summed E-state index contributed by atoms with van der Waals surface area (Å²) in [5.74, 6) is -0.878. The molecule has 0 bridgehead atoms. The smallest absolute Gasteiger partial charge is 0.306 e. The van der Waals surface area contributed by atoms with Crippen molar-refractivity contribution in [3.63, 3.8) is 0 Å². The third-order valence-corrected chi connectivity index (χ3v) is 12.6. The Labute approximate surface area is 430 Å². The molecule has 0 saturated carbocycles. The Kier molecular flexibility index (Phi) is 48.6. The Morgan fingerprint density at radius 3 is 1.24 bits per heavy atom. The Bertz CT molecular complexity index is 1500. The van der Waals surface area contributed by atoms with Gasteiger partial charge in [0.25, 0.3) is 7.82 Å². The lowest BCUT2D eigenvalue weighted by atomic mass is 10.1. The number of likely N-dealkylation sites (N-methyl/N-ethyl adjacent to an activating group) is 1. The van der Waals surface area contributed by atoms with Gasteiger partial charge in [-0.25, -0.2) is 0 Å². The number of nitrogens with zero attached hydrogens (tertiary/aromatic N) is 1. The van der Waals surface area contributed by atoms with Gasteiger partial charge >= 0.3 is 11.9 Å². The maximum atomic E-state index is 12.8. The van der Waals surface area contributed by atoms with Gasteiger partial charge in [-0.15, -0.1) is 0 Å². The maximum absolute atomic E-state index is 12.8. The molecule has 402 valence electrons. The molecule has 0 amide bonds. The third-order valence-electron chi connectivity index (χ3n) is 11.6. The van der Waals surface area contributed by atoms with Gasteiger partial charge in [0.05, 0.1) is 27.7 Å². The summed E-state index contributed by atoms with van der Waals surface area (Å²) < 4.78 is 34.1. The number of allylic oxidation sites excluding steroid dienone is 16. The Balaban J connectivity index is 4.31. The summed E-state index contributed by atoms with van der Waals surface area (Å²) in [6.07, 6.45) is 68.7. The van der Waals surface area contributed by atoms with E-state index in [4.69, 9.17) is 18.5 Å². The van der Waals surface area contributed by atoms with Crippen LogP contribution in [0.25, 0.3) is 0 Å². The van der Waals surface area contributed by atoms with Gasteiger partial charge in [0.15, 0.2) is 6.10 Å². The van der Waals surface area contributed by atoms with E-state index in [1.54, 1.807) is 0 Å². The topological polar surface area (TPSA) is 111 Å². The van der Waals surface area contributed by atoms with Gasteiger partial charge in [0.2, 0.25) is 0 Å². The van der Waals surface area contributed by atoms with Crippen LogP contribution in [0.4, 0.5) is 0 Å². The van der Waals surface area contributed by atoms with E-state index in [-0.39, 0.29) is 26.1 Å². The van der Waals surface area contributed by atoms with Gasteiger partial charge in [0, 0.05) is 12.8 Å². The van der Waals surface area contributed by atoms with Crippen LogP contribution in [0.1, 0.15) is 219 Å². The second kappa shape index (κ2) is 50.9. The first-order valence-electron chi connectivity index (χ1n) is 27.9. The van der Waals surface area contributed by atoms with Gasteiger partial charge in [-0.2, -0.15) is 0 Å². The minimum absolute atomic E-state index is 0.0429. The quantitative estimate of drug-likeness (QED) is 0.0195. The van der Waals surface area contributed by atoms with Crippen LogP contribution in [0.3, 0.4) is 0 Å². The highest BCUT2D eigenvalue weighted by Crippen LogP contribution is 2.38. The predicted octanol–water partition coefficient (Wildman–Crippen LogP) is 16.6. The van der Waals surface area contributed by atoms with E-state index in [2.05, 4.69) is 111 Å². The zero-order valence-corrected chi connectivity index (χ0v) is 46.3. The van der Waals surface area contributed by atoms with Crippen LogP contribution >= 0.6 is 7.82 Å². The van der Waals surface area contributed by atoms with Crippen molar-refractivity contribution < 1.29 is 42.1 Å². The maximum Gasteiger partial charge on any atom is 0.306 e. The van der Waals surface area contributed by atoms with Crippen LogP contribution in [0.5, 0.6) is 0 Å². The normalized spacial score (nSPS) is 14.1. The second-order valence-electron chi connectivity index (χ2n) is 19.6. The number of ether oxygens (including phenoxy) is 2. The minimum atomic E-state index is -4.65. The molecule has 0 aliphatic carbocycles. The summed E-state index contributed by atoms with van der Waals surface area (Å²) in [5.41, 5.74) is 0. The highest BCUT2D eigenvalue weighted by atomic mass is 31.2. The number of rotatable bonds is 50. The summed E-state index contributed by atoms with van der Waals surface area (Å²) in [5, 5.41) is 0. The number of hydrogen-bond donors (Lipinski definition) is 0. The number of unbranched alkanes of at least 4 members (excludes halogenated alkanes) is 20. The lowest BCUT2D eigenvalue weighted by molar-refractivity contribution is -0.870. The fraction of sp³-hybridized carbons (Fsp3) is 0.700. The summed E-state index contributed by atoms with van der Waals surface area (Å²) in [6.45, 7) is 4.08. The predicted molar refractivity (Wildman–Crippen MR) is 295 cm³/mol. The standard InChI is InChI=1S/C60H104NO8P/c1-6-8-10-12-14-16-18-20-22-24-26-28-29-30-31-33-35-37-39-41-43-45-47-49-51-53-60(63)69-58(57-68-70(64,65)67-55-54-61(3,4)5)56-66-59(62)52-50-48-46-44-42-40-38-36-34-32-27-25-23-21-19-17-15-13-11-9-7-2/h8,10,14,16,20,22,25-28,30-31,35,37,41,43,58H,6-7,9,11-13,15,17-19,21,23-24,29,32-34,36,38-40,42,44-57H2,1-5H3/b10-8-,16-14-,22-20-,27-25-,28-26-,31-30-,37-35-,43-41-. The van der Waals surface area contributed by atoms with Crippen LogP contribution in [-0.4, -0.2) is 70.0 Å². The van der Waals surface area contributed by atoms with Crippen LogP contribution in [-0.2, 0) is 32.7 Å². The lowest BCUT2D eigenvalue weighted by Gasteiger charge is -2.28. The van der Waals surface area contributed by atoms with E-state index in [1.165, 1.54) is 96.3 Å². The van der Waals surface area contributed by atoms with Gasteiger partial charge in [-0.05, 0) is 96.3 Å². The highest BCUT2D eigenvalue weighted by Gasteiger charge is 2.21. The summed E-state index contributed by atoms with van der Waals surface area (Å²) in [6, 6.07) is 0. The molecule has 2 atom stereocenters. The molecule has 0 aliphatic heterocycles. The summed E-state index contributed by atoms with van der Waals surface area (Å²) in [4.78, 5) is 37.8. The Morgan fingerprint density at radius 2 is 0.814 bits per heavy atom. The number of carbonyl (C=O) groups is 2. The van der Waals surface area contributed by atoms with Crippen molar-refractivity contribution in [2.45, 2.75) is 225 Å². The van der Waals surface area contributed by atoms with E-state index in [0.29, 0.717) is 17.4 Å². The molecule has 9 nitrogen and oxygen atoms in total. The SMILES string of the molecule is CC/C=C\C/C=C\C/C=C\C/C=C\C/C=C\C/C=C\C/C=C\CCCCCC(=O)OC(COC(=O)CCCCCCCCCCC/C=C\CCCCCCCCCC)COP(=O)([O-])OCC[N+](C)(C)C. The first-order valence-corrected chi connectivity index (χ1v) is 29.4. The average Bonchev–Trinajstić information content (AvgIpc) is 3.32. The van der Waals surface area contributed by atoms with Crippen LogP contribution in [0.15, 0.2) is 97.2 Å². The molecular weight excluding hydrogens is 894 g/mol. The third kappa shape index (κ3) is 54.3. The van der Waals surface area contributed by atoms with Gasteiger partial charge in [-0.1, -0.05) is 207 Å². The van der Waals surface area contributed by atoms with E-state index >= 15 is 0 Å². The number of esters is 2. The fourth-order valence-corrected chi connectivity index (χ4v) is 8.01. The molecule has 0 radical (unpaired) electrons. The van der Waals surface area contributed by atoms with Crippen LogP contribution < -0.4 is 4.89 Å². The minimum Gasteiger partial charge on any atom is -0.756 e. The van der Waals surface area contributed by atoms with Gasteiger partial charge < -0.3 is 27.9 Å². The largest absolute Gasteiger partial charge is 0.756 e. The summed E-state index contributed by atoms with van der Waals surface area (Å²) >= 11 is 0. The van der Waals surface area contributed by atoms with Crippen molar-refractivity contribution in [2.75, 3.05) is 47.5 Å². The zero-order chi connectivity index (χ0) is 51.3. The molecule has 70 heavy (non-hydrogen) atoms. The molecule has 10 heteroatoms.